The predicted molar refractivity (Wildman–Crippen MR) is 106 cm³/mol. The second kappa shape index (κ2) is 8.55. The van der Waals surface area contributed by atoms with Gasteiger partial charge >= 0.3 is 6.09 Å². The minimum Gasteiger partial charge on any atom is -0.445 e. The van der Waals surface area contributed by atoms with E-state index in [-0.39, 0.29) is 24.1 Å². The van der Waals surface area contributed by atoms with Crippen molar-refractivity contribution >= 4 is 11.9 Å². The number of hydrogen-bond acceptors (Lipinski definition) is 4. The quantitative estimate of drug-likeness (QED) is 0.757. The van der Waals surface area contributed by atoms with Gasteiger partial charge in [0, 0.05) is 36.3 Å². The molecule has 0 saturated carbocycles. The molecule has 1 aromatic heterocycles. The zero-order valence-corrected chi connectivity index (χ0v) is 16.0. The molecule has 2 aliphatic heterocycles. The second-order valence-electron chi connectivity index (χ2n) is 7.79. The molecule has 28 heavy (non-hydrogen) atoms. The van der Waals surface area contributed by atoms with E-state index in [9.17, 15) is 9.59 Å². The summed E-state index contributed by atoms with van der Waals surface area (Å²) in [6, 6.07) is 15.8. The molecule has 1 aromatic carbocycles. The molecule has 2 bridgehead atoms. The van der Waals surface area contributed by atoms with Crippen LogP contribution in [0.4, 0.5) is 4.79 Å². The van der Waals surface area contributed by atoms with Gasteiger partial charge in [-0.05, 0) is 49.8 Å². The molecular formula is C23H26N2O3. The maximum absolute atomic E-state index is 12.7. The molecule has 2 unspecified atom stereocenters. The Balaban J connectivity index is 1.30. The Labute approximate surface area is 165 Å². The van der Waals surface area contributed by atoms with Gasteiger partial charge in [0.2, 0.25) is 0 Å². The number of carbonyl (C=O) groups excluding carboxylic acids is 2. The van der Waals surface area contributed by atoms with Crippen molar-refractivity contribution in [3.8, 4) is 0 Å². The molecule has 2 aliphatic rings. The first-order chi connectivity index (χ1) is 13.7. The molecule has 1 amide bonds. The monoisotopic (exact) mass is 378 g/mol. The van der Waals surface area contributed by atoms with Crippen molar-refractivity contribution in [2.24, 2.45) is 5.92 Å². The van der Waals surface area contributed by atoms with E-state index >= 15 is 0 Å². The molecule has 3 heterocycles. The Bertz CT molecular complexity index is 795. The van der Waals surface area contributed by atoms with E-state index in [2.05, 4.69) is 4.98 Å². The van der Waals surface area contributed by atoms with Gasteiger partial charge in [0.15, 0.2) is 0 Å². The standard InChI is InChI=1S/C23H26N2O3/c26-22(12-9-19-8-4-5-13-24-19)18-14-20-10-11-21(15-18)25(20)23(27)28-16-17-6-2-1-3-7-17/h1-8,13,18,20-21H,9-12,14-16H2. The minimum atomic E-state index is -0.240. The zero-order chi connectivity index (χ0) is 19.3. The fourth-order valence-corrected chi connectivity index (χ4v) is 4.53. The van der Waals surface area contributed by atoms with E-state index in [4.69, 9.17) is 4.74 Å². The number of rotatable bonds is 6. The normalized spacial score (nSPS) is 23.4. The molecule has 146 valence electrons. The van der Waals surface area contributed by atoms with Crippen molar-refractivity contribution in [2.75, 3.05) is 0 Å². The zero-order valence-electron chi connectivity index (χ0n) is 16.0. The fourth-order valence-electron chi connectivity index (χ4n) is 4.53. The predicted octanol–water partition coefficient (Wildman–Crippen LogP) is 4.16. The van der Waals surface area contributed by atoms with E-state index in [1.54, 1.807) is 6.20 Å². The van der Waals surface area contributed by atoms with Crippen molar-refractivity contribution in [1.29, 1.82) is 0 Å². The van der Waals surface area contributed by atoms with E-state index in [0.29, 0.717) is 25.2 Å². The summed E-state index contributed by atoms with van der Waals surface area (Å²) in [6.45, 7) is 0.294. The number of ether oxygens (including phenoxy) is 1. The Morgan fingerprint density at radius 1 is 1.00 bits per heavy atom. The van der Waals surface area contributed by atoms with Crippen LogP contribution in [0.25, 0.3) is 0 Å². The number of carbonyl (C=O) groups is 2. The lowest BCUT2D eigenvalue weighted by Crippen LogP contribution is -2.48. The summed E-state index contributed by atoms with van der Waals surface area (Å²) in [5.41, 5.74) is 1.95. The van der Waals surface area contributed by atoms with Gasteiger partial charge in [0.25, 0.3) is 0 Å². The molecule has 0 aliphatic carbocycles. The SMILES string of the molecule is O=C(CCc1ccccn1)C1CC2CCC(C1)N2C(=O)OCc1ccccc1. The number of pyridine rings is 1. The molecule has 5 nitrogen and oxygen atoms in total. The number of nitrogens with zero attached hydrogens (tertiary/aromatic N) is 2. The summed E-state index contributed by atoms with van der Waals surface area (Å²) in [6.07, 6.45) is 6.20. The Morgan fingerprint density at radius 3 is 2.39 bits per heavy atom. The summed E-state index contributed by atoms with van der Waals surface area (Å²) in [7, 11) is 0. The lowest BCUT2D eigenvalue weighted by atomic mass is 9.86. The van der Waals surface area contributed by atoms with Gasteiger partial charge in [-0.1, -0.05) is 36.4 Å². The van der Waals surface area contributed by atoms with Crippen LogP contribution in [0.2, 0.25) is 0 Å². The van der Waals surface area contributed by atoms with Gasteiger partial charge in [-0.15, -0.1) is 0 Å². The third-order valence-corrected chi connectivity index (χ3v) is 5.96. The van der Waals surface area contributed by atoms with Crippen LogP contribution in [0.15, 0.2) is 54.7 Å². The number of fused-ring (bicyclic) bond motifs is 2. The number of piperidine rings is 1. The number of hydrogen-bond donors (Lipinski definition) is 0. The molecule has 5 heteroatoms. The molecule has 2 atom stereocenters. The highest BCUT2D eigenvalue weighted by atomic mass is 16.6. The van der Waals surface area contributed by atoms with Crippen LogP contribution in [-0.4, -0.2) is 33.8 Å². The van der Waals surface area contributed by atoms with Gasteiger partial charge in [0.1, 0.15) is 12.4 Å². The van der Waals surface area contributed by atoms with Gasteiger partial charge in [0.05, 0.1) is 0 Å². The van der Waals surface area contributed by atoms with E-state index in [1.807, 2.05) is 53.4 Å². The number of amides is 1. The number of Topliss-reactive ketones (excluding diaryl/α,β-unsaturated/α-hetero) is 1. The summed E-state index contributed by atoms with van der Waals surface area (Å²) in [5.74, 6) is 0.360. The average molecular weight is 378 g/mol. The summed E-state index contributed by atoms with van der Waals surface area (Å²) in [4.78, 5) is 31.5. The molecule has 2 saturated heterocycles. The maximum Gasteiger partial charge on any atom is 0.410 e. The maximum atomic E-state index is 12.7. The highest BCUT2D eigenvalue weighted by Gasteiger charge is 2.45. The lowest BCUT2D eigenvalue weighted by Gasteiger charge is -2.37. The molecule has 0 spiro atoms. The molecule has 2 fully saturated rings. The highest BCUT2D eigenvalue weighted by molar-refractivity contribution is 5.82. The molecule has 0 N–H and O–H groups in total. The molecule has 2 aromatic rings. The van der Waals surface area contributed by atoms with Crippen molar-refractivity contribution in [2.45, 2.75) is 57.2 Å². The molecular weight excluding hydrogens is 352 g/mol. The second-order valence-corrected chi connectivity index (χ2v) is 7.79. The van der Waals surface area contributed by atoms with Gasteiger partial charge < -0.3 is 9.64 Å². The van der Waals surface area contributed by atoms with Crippen molar-refractivity contribution in [1.82, 2.24) is 9.88 Å². The van der Waals surface area contributed by atoms with Gasteiger partial charge in [-0.3, -0.25) is 9.78 Å². The number of benzene rings is 1. The van der Waals surface area contributed by atoms with Crippen LogP contribution in [0.1, 0.15) is 43.4 Å². The average Bonchev–Trinajstić information content (AvgIpc) is 3.01. The smallest absolute Gasteiger partial charge is 0.410 e. The Kier molecular flexibility index (Phi) is 5.70. The van der Waals surface area contributed by atoms with E-state index in [1.165, 1.54) is 0 Å². The first kappa shape index (κ1) is 18.7. The minimum absolute atomic E-state index is 0.0550. The molecule has 0 radical (unpaired) electrons. The molecule has 4 rings (SSSR count). The third kappa shape index (κ3) is 4.24. The number of ketones is 1. The Hall–Kier alpha value is -2.69. The first-order valence-corrected chi connectivity index (χ1v) is 10.1. The number of aromatic nitrogens is 1. The Morgan fingerprint density at radius 2 is 1.71 bits per heavy atom. The summed E-state index contributed by atoms with van der Waals surface area (Å²) in [5, 5.41) is 0. The van der Waals surface area contributed by atoms with E-state index in [0.717, 1.165) is 36.9 Å². The number of aryl methyl sites for hydroxylation is 1. The van der Waals surface area contributed by atoms with Crippen molar-refractivity contribution < 1.29 is 14.3 Å². The van der Waals surface area contributed by atoms with Crippen LogP contribution in [0.5, 0.6) is 0 Å². The summed E-state index contributed by atoms with van der Waals surface area (Å²) >= 11 is 0. The van der Waals surface area contributed by atoms with Crippen LogP contribution in [0.3, 0.4) is 0 Å². The highest BCUT2D eigenvalue weighted by Crippen LogP contribution is 2.40. The van der Waals surface area contributed by atoms with Crippen LogP contribution in [0, 0.1) is 5.92 Å². The van der Waals surface area contributed by atoms with Crippen molar-refractivity contribution in [3.63, 3.8) is 0 Å². The topological polar surface area (TPSA) is 59.5 Å². The van der Waals surface area contributed by atoms with Crippen LogP contribution < -0.4 is 0 Å². The van der Waals surface area contributed by atoms with Crippen LogP contribution >= 0.6 is 0 Å². The van der Waals surface area contributed by atoms with Gasteiger partial charge in [-0.2, -0.15) is 0 Å². The third-order valence-electron chi connectivity index (χ3n) is 5.96. The van der Waals surface area contributed by atoms with Gasteiger partial charge in [-0.25, -0.2) is 4.79 Å². The fraction of sp³-hybridized carbons (Fsp3) is 0.435. The van der Waals surface area contributed by atoms with Crippen molar-refractivity contribution in [3.05, 3.63) is 66.0 Å². The first-order valence-electron chi connectivity index (χ1n) is 10.1. The lowest BCUT2D eigenvalue weighted by molar-refractivity contribution is -0.125. The largest absolute Gasteiger partial charge is 0.445 e. The summed E-state index contributed by atoms with van der Waals surface area (Å²) < 4.78 is 5.54. The van der Waals surface area contributed by atoms with E-state index < -0.39 is 0 Å². The van der Waals surface area contributed by atoms with Crippen LogP contribution in [-0.2, 0) is 22.6 Å².